The van der Waals surface area contributed by atoms with Gasteiger partial charge in [-0.1, -0.05) is 12.1 Å². The van der Waals surface area contributed by atoms with E-state index in [9.17, 15) is 14.9 Å². The number of carbonyl (C=O) groups excluding carboxylic acids is 1. The molecular formula is C13H12N2O3. The highest BCUT2D eigenvalue weighted by Gasteiger charge is 2.17. The molecule has 0 fully saturated rings. The molecule has 0 radical (unpaired) electrons. The van der Waals surface area contributed by atoms with Gasteiger partial charge in [-0.2, -0.15) is 0 Å². The lowest BCUT2D eigenvalue weighted by Gasteiger charge is -1.99. The topological polar surface area (TPSA) is 76.0 Å². The maximum Gasteiger partial charge on any atom is 0.278 e. The van der Waals surface area contributed by atoms with E-state index in [-0.39, 0.29) is 11.5 Å². The number of hydrogen-bond donors (Lipinski definition) is 1. The average Bonchev–Trinajstić information content (AvgIpc) is 2.71. The Labute approximate surface area is 104 Å². The second kappa shape index (κ2) is 4.44. The quantitative estimate of drug-likeness (QED) is 0.512. The standard InChI is InChI=1S/C13H12N2O3/c1-8-11(9(2)16)7-12(14-8)10-5-3-4-6-13(10)15(17)18/h3-7,14H,1-2H3. The summed E-state index contributed by atoms with van der Waals surface area (Å²) in [5, 5.41) is 10.9. The highest BCUT2D eigenvalue weighted by atomic mass is 16.6. The van der Waals surface area contributed by atoms with Gasteiger partial charge in [0.15, 0.2) is 5.78 Å². The van der Waals surface area contributed by atoms with E-state index in [0.29, 0.717) is 16.8 Å². The second-order valence-electron chi connectivity index (χ2n) is 4.05. The van der Waals surface area contributed by atoms with Crippen molar-refractivity contribution < 1.29 is 9.72 Å². The molecule has 0 spiro atoms. The zero-order valence-electron chi connectivity index (χ0n) is 10.1. The lowest BCUT2D eigenvalue weighted by molar-refractivity contribution is -0.384. The normalized spacial score (nSPS) is 10.3. The third-order valence-electron chi connectivity index (χ3n) is 2.79. The average molecular weight is 244 g/mol. The Morgan fingerprint density at radius 1 is 1.33 bits per heavy atom. The van der Waals surface area contributed by atoms with E-state index >= 15 is 0 Å². The van der Waals surface area contributed by atoms with E-state index in [2.05, 4.69) is 4.98 Å². The number of carbonyl (C=O) groups is 1. The van der Waals surface area contributed by atoms with Crippen LogP contribution in [0.15, 0.2) is 30.3 Å². The predicted octanol–water partition coefficient (Wildman–Crippen LogP) is 3.10. The van der Waals surface area contributed by atoms with E-state index in [0.717, 1.165) is 5.69 Å². The largest absolute Gasteiger partial charge is 0.358 e. The van der Waals surface area contributed by atoms with Crippen molar-refractivity contribution in [2.24, 2.45) is 0 Å². The van der Waals surface area contributed by atoms with Crippen LogP contribution in [0.5, 0.6) is 0 Å². The van der Waals surface area contributed by atoms with Gasteiger partial charge in [0.1, 0.15) is 0 Å². The van der Waals surface area contributed by atoms with Crippen molar-refractivity contribution in [3.8, 4) is 11.3 Å². The fourth-order valence-electron chi connectivity index (χ4n) is 1.93. The highest BCUT2D eigenvalue weighted by Crippen LogP contribution is 2.30. The van der Waals surface area contributed by atoms with Crippen LogP contribution in [0.3, 0.4) is 0 Å². The van der Waals surface area contributed by atoms with Crippen molar-refractivity contribution in [1.29, 1.82) is 0 Å². The first-order valence-corrected chi connectivity index (χ1v) is 5.45. The number of nitro benzene ring substituents is 1. The summed E-state index contributed by atoms with van der Waals surface area (Å²) in [4.78, 5) is 24.9. The molecule has 0 aliphatic heterocycles. The van der Waals surface area contributed by atoms with Gasteiger partial charge in [-0.25, -0.2) is 0 Å². The number of aryl methyl sites for hydroxylation is 1. The number of hydrogen-bond acceptors (Lipinski definition) is 3. The van der Waals surface area contributed by atoms with E-state index < -0.39 is 4.92 Å². The fraction of sp³-hybridized carbons (Fsp3) is 0.154. The van der Waals surface area contributed by atoms with Crippen LogP contribution < -0.4 is 0 Å². The molecule has 1 aromatic carbocycles. The Bertz CT molecular complexity index is 629. The van der Waals surface area contributed by atoms with Crippen molar-refractivity contribution in [2.45, 2.75) is 13.8 Å². The number of benzene rings is 1. The fourth-order valence-corrected chi connectivity index (χ4v) is 1.93. The summed E-state index contributed by atoms with van der Waals surface area (Å²) >= 11 is 0. The summed E-state index contributed by atoms with van der Waals surface area (Å²) in [6.45, 7) is 3.24. The van der Waals surface area contributed by atoms with Crippen molar-refractivity contribution in [2.75, 3.05) is 0 Å². The van der Waals surface area contributed by atoms with Crippen LogP contribution in [-0.4, -0.2) is 15.7 Å². The molecule has 0 atom stereocenters. The maximum atomic E-state index is 11.4. The molecule has 5 heteroatoms. The Morgan fingerprint density at radius 2 is 2.00 bits per heavy atom. The van der Waals surface area contributed by atoms with Gasteiger partial charge in [0.2, 0.25) is 0 Å². The first-order valence-electron chi connectivity index (χ1n) is 5.45. The molecule has 2 aromatic rings. The van der Waals surface area contributed by atoms with Gasteiger partial charge < -0.3 is 4.98 Å². The first-order chi connectivity index (χ1) is 8.50. The summed E-state index contributed by atoms with van der Waals surface area (Å²) in [7, 11) is 0. The van der Waals surface area contributed by atoms with Crippen LogP contribution in [0, 0.1) is 17.0 Å². The number of aromatic nitrogens is 1. The molecule has 0 unspecified atom stereocenters. The molecular weight excluding hydrogens is 232 g/mol. The van der Waals surface area contributed by atoms with Gasteiger partial charge in [0.05, 0.1) is 16.2 Å². The van der Waals surface area contributed by atoms with Crippen molar-refractivity contribution >= 4 is 11.5 Å². The van der Waals surface area contributed by atoms with Crippen molar-refractivity contribution in [3.05, 3.63) is 51.7 Å². The van der Waals surface area contributed by atoms with Crippen molar-refractivity contribution in [1.82, 2.24) is 4.98 Å². The molecule has 1 aromatic heterocycles. The van der Waals surface area contributed by atoms with Crippen LogP contribution in [0.1, 0.15) is 23.0 Å². The number of nitro groups is 1. The molecule has 1 heterocycles. The predicted molar refractivity (Wildman–Crippen MR) is 67.6 cm³/mol. The SMILES string of the molecule is CC(=O)c1cc(-c2ccccc2[N+](=O)[O-])[nH]c1C. The lowest BCUT2D eigenvalue weighted by Crippen LogP contribution is -1.91. The summed E-state index contributed by atoms with van der Waals surface area (Å²) < 4.78 is 0. The molecule has 0 saturated carbocycles. The molecule has 0 aliphatic carbocycles. The van der Waals surface area contributed by atoms with Gasteiger partial charge in [0, 0.05) is 17.3 Å². The molecule has 18 heavy (non-hydrogen) atoms. The summed E-state index contributed by atoms with van der Waals surface area (Å²) in [5.74, 6) is -0.0615. The number of para-hydroxylation sites is 1. The van der Waals surface area contributed by atoms with E-state index in [1.165, 1.54) is 13.0 Å². The smallest absolute Gasteiger partial charge is 0.278 e. The summed E-state index contributed by atoms with van der Waals surface area (Å²) in [6, 6.07) is 8.10. The third kappa shape index (κ3) is 2.02. The number of H-pyrrole nitrogens is 1. The Kier molecular flexibility index (Phi) is 2.97. The summed E-state index contributed by atoms with van der Waals surface area (Å²) in [6.07, 6.45) is 0. The number of nitrogens with one attached hydrogen (secondary N) is 1. The Balaban J connectivity index is 2.59. The van der Waals surface area contributed by atoms with Gasteiger partial charge in [-0.15, -0.1) is 0 Å². The van der Waals surface area contributed by atoms with Gasteiger partial charge in [0.25, 0.3) is 5.69 Å². The highest BCUT2D eigenvalue weighted by molar-refractivity contribution is 5.96. The van der Waals surface area contributed by atoms with Crippen LogP contribution in [0.25, 0.3) is 11.3 Å². The second-order valence-corrected chi connectivity index (χ2v) is 4.05. The van der Waals surface area contributed by atoms with Crippen molar-refractivity contribution in [3.63, 3.8) is 0 Å². The molecule has 0 aliphatic rings. The van der Waals surface area contributed by atoms with E-state index in [1.54, 1.807) is 31.2 Å². The van der Waals surface area contributed by atoms with Gasteiger partial charge >= 0.3 is 0 Å². The molecule has 2 rings (SSSR count). The summed E-state index contributed by atoms with van der Waals surface area (Å²) in [5.41, 5.74) is 2.37. The minimum Gasteiger partial charge on any atom is -0.358 e. The Hall–Kier alpha value is -2.43. The molecule has 92 valence electrons. The Morgan fingerprint density at radius 3 is 2.56 bits per heavy atom. The molecule has 0 saturated heterocycles. The number of nitrogens with zero attached hydrogens (tertiary/aromatic N) is 1. The van der Waals surface area contributed by atoms with Crippen LogP contribution in [0.4, 0.5) is 5.69 Å². The number of aromatic amines is 1. The molecule has 0 amide bonds. The number of rotatable bonds is 3. The van der Waals surface area contributed by atoms with Crippen LogP contribution >= 0.6 is 0 Å². The zero-order chi connectivity index (χ0) is 13.3. The van der Waals surface area contributed by atoms with Crippen LogP contribution in [0.2, 0.25) is 0 Å². The molecule has 1 N–H and O–H groups in total. The molecule has 5 nitrogen and oxygen atoms in total. The van der Waals surface area contributed by atoms with Gasteiger partial charge in [-0.05, 0) is 26.0 Å². The monoisotopic (exact) mass is 244 g/mol. The maximum absolute atomic E-state index is 11.4. The number of ketones is 1. The minimum atomic E-state index is -0.432. The van der Waals surface area contributed by atoms with Crippen LogP contribution in [-0.2, 0) is 0 Å². The lowest BCUT2D eigenvalue weighted by atomic mass is 10.1. The molecule has 0 bridgehead atoms. The number of Topliss-reactive ketones (excluding diaryl/α,β-unsaturated/α-hetero) is 1. The zero-order valence-corrected chi connectivity index (χ0v) is 10.1. The van der Waals surface area contributed by atoms with E-state index in [4.69, 9.17) is 0 Å². The minimum absolute atomic E-state index is 0.0221. The van der Waals surface area contributed by atoms with Gasteiger partial charge in [-0.3, -0.25) is 14.9 Å². The third-order valence-corrected chi connectivity index (χ3v) is 2.79. The van der Waals surface area contributed by atoms with E-state index in [1.807, 2.05) is 0 Å². The first kappa shape index (κ1) is 12.0.